The van der Waals surface area contributed by atoms with Gasteiger partial charge in [-0.05, 0) is 62.1 Å². The zero-order valence-electron chi connectivity index (χ0n) is 12.9. The zero-order chi connectivity index (χ0) is 15.4. The first-order valence-electron chi connectivity index (χ1n) is 7.93. The van der Waals surface area contributed by atoms with Gasteiger partial charge < -0.3 is 10.6 Å². The Bertz CT molecular complexity index is 639. The molecule has 116 valence electrons. The lowest BCUT2D eigenvalue weighted by molar-refractivity contribution is 0.103. The van der Waals surface area contributed by atoms with Crippen molar-refractivity contribution in [1.29, 1.82) is 0 Å². The molecule has 1 aliphatic rings. The van der Waals surface area contributed by atoms with Crippen LogP contribution in [0.15, 0.2) is 30.3 Å². The normalized spacial score (nSPS) is 14.2. The number of fused-ring (bicyclic) bond motifs is 1. The van der Waals surface area contributed by atoms with Crippen molar-refractivity contribution < 1.29 is 4.79 Å². The van der Waals surface area contributed by atoms with Crippen LogP contribution < -0.4 is 10.6 Å². The molecule has 22 heavy (non-hydrogen) atoms. The maximum Gasteiger partial charge on any atom is 0.265 e. The van der Waals surface area contributed by atoms with Crippen molar-refractivity contribution >= 4 is 22.9 Å². The number of nitrogens with one attached hydrogen (secondary N) is 2. The number of rotatable bonds is 4. The molecule has 0 atom stereocenters. The van der Waals surface area contributed by atoms with Gasteiger partial charge in [-0.15, -0.1) is 11.3 Å². The van der Waals surface area contributed by atoms with Crippen molar-refractivity contribution in [2.45, 2.75) is 38.6 Å². The van der Waals surface area contributed by atoms with Crippen LogP contribution in [0.3, 0.4) is 0 Å². The molecule has 4 heteroatoms. The van der Waals surface area contributed by atoms with Crippen LogP contribution >= 0.6 is 11.3 Å². The Morgan fingerprint density at radius 2 is 2.05 bits per heavy atom. The molecule has 1 amide bonds. The fourth-order valence-electron chi connectivity index (χ4n) is 2.94. The molecular formula is C18H22N2OS. The Kier molecular flexibility index (Phi) is 4.90. The summed E-state index contributed by atoms with van der Waals surface area (Å²) in [5, 5.41) is 6.15. The molecule has 0 unspecified atom stereocenters. The van der Waals surface area contributed by atoms with Gasteiger partial charge >= 0.3 is 0 Å². The van der Waals surface area contributed by atoms with Crippen LogP contribution in [0.25, 0.3) is 0 Å². The van der Waals surface area contributed by atoms with Crippen LogP contribution in [0.5, 0.6) is 0 Å². The summed E-state index contributed by atoms with van der Waals surface area (Å²) in [6, 6.07) is 10.1. The van der Waals surface area contributed by atoms with E-state index in [1.807, 2.05) is 25.2 Å². The molecule has 3 nitrogen and oxygen atoms in total. The number of carbonyl (C=O) groups excluding carboxylic acids is 1. The van der Waals surface area contributed by atoms with Crippen molar-refractivity contribution in [3.05, 3.63) is 51.2 Å². The second kappa shape index (κ2) is 7.07. The Hall–Kier alpha value is -1.65. The third-order valence-electron chi connectivity index (χ3n) is 4.04. The third-order valence-corrected chi connectivity index (χ3v) is 5.27. The highest BCUT2D eigenvalue weighted by Gasteiger charge is 2.16. The minimum atomic E-state index is 0.0136. The van der Waals surface area contributed by atoms with Crippen LogP contribution in [-0.4, -0.2) is 13.0 Å². The van der Waals surface area contributed by atoms with E-state index in [1.54, 1.807) is 11.3 Å². The highest BCUT2D eigenvalue weighted by Crippen LogP contribution is 2.29. The van der Waals surface area contributed by atoms with Gasteiger partial charge in [0.05, 0.1) is 4.88 Å². The van der Waals surface area contributed by atoms with Crippen LogP contribution in [0.2, 0.25) is 0 Å². The Morgan fingerprint density at radius 3 is 2.91 bits per heavy atom. The van der Waals surface area contributed by atoms with Crippen LogP contribution in [-0.2, 0) is 19.4 Å². The van der Waals surface area contributed by atoms with Crippen LogP contribution in [0.4, 0.5) is 5.69 Å². The van der Waals surface area contributed by atoms with Gasteiger partial charge in [-0.3, -0.25) is 4.79 Å². The molecule has 3 rings (SSSR count). The minimum Gasteiger partial charge on any atom is -0.321 e. The average molecular weight is 314 g/mol. The van der Waals surface area contributed by atoms with Gasteiger partial charge in [0.1, 0.15) is 0 Å². The Labute approximate surface area is 135 Å². The molecule has 0 saturated carbocycles. The topological polar surface area (TPSA) is 41.1 Å². The van der Waals surface area contributed by atoms with E-state index < -0.39 is 0 Å². The Morgan fingerprint density at radius 1 is 1.18 bits per heavy atom. The number of carbonyl (C=O) groups is 1. The van der Waals surface area contributed by atoms with Gasteiger partial charge in [0, 0.05) is 17.1 Å². The third kappa shape index (κ3) is 3.57. The average Bonchev–Trinajstić information content (AvgIpc) is 2.79. The van der Waals surface area contributed by atoms with E-state index in [0.29, 0.717) is 0 Å². The number of amides is 1. The first-order valence-corrected chi connectivity index (χ1v) is 8.74. The van der Waals surface area contributed by atoms with E-state index in [4.69, 9.17) is 0 Å². The first-order chi connectivity index (χ1) is 10.8. The smallest absolute Gasteiger partial charge is 0.265 e. The van der Waals surface area contributed by atoms with Crippen molar-refractivity contribution in [3.8, 4) is 0 Å². The molecule has 2 N–H and O–H groups in total. The fourth-order valence-corrected chi connectivity index (χ4v) is 4.08. The summed E-state index contributed by atoms with van der Waals surface area (Å²) in [6.07, 6.45) is 6.06. The van der Waals surface area contributed by atoms with Crippen molar-refractivity contribution in [2.75, 3.05) is 12.4 Å². The first kappa shape index (κ1) is 15.3. The van der Waals surface area contributed by atoms with Gasteiger partial charge in [-0.2, -0.15) is 0 Å². The van der Waals surface area contributed by atoms with Gasteiger partial charge in [0.25, 0.3) is 5.91 Å². The van der Waals surface area contributed by atoms with Crippen molar-refractivity contribution in [3.63, 3.8) is 0 Å². The van der Waals surface area contributed by atoms with E-state index in [1.165, 1.54) is 35.3 Å². The van der Waals surface area contributed by atoms with Crippen molar-refractivity contribution in [2.24, 2.45) is 0 Å². The zero-order valence-corrected chi connectivity index (χ0v) is 13.8. The lowest BCUT2D eigenvalue weighted by Crippen LogP contribution is -2.11. The van der Waals surface area contributed by atoms with E-state index in [2.05, 4.69) is 22.8 Å². The number of anilines is 1. The number of thiophene rings is 1. The lowest BCUT2D eigenvalue weighted by atomic mass is 10.1. The summed E-state index contributed by atoms with van der Waals surface area (Å²) in [5.74, 6) is 0.0136. The summed E-state index contributed by atoms with van der Waals surface area (Å²) < 4.78 is 0. The maximum atomic E-state index is 12.5. The maximum absolute atomic E-state index is 12.5. The molecule has 0 saturated heterocycles. The molecular weight excluding hydrogens is 292 g/mol. The molecule has 0 spiro atoms. The summed E-state index contributed by atoms with van der Waals surface area (Å²) in [4.78, 5) is 14.7. The van der Waals surface area contributed by atoms with Gasteiger partial charge in [-0.25, -0.2) is 0 Å². The second-order valence-corrected chi connectivity index (χ2v) is 6.94. The number of aryl methyl sites for hydroxylation is 2. The molecule has 1 aliphatic carbocycles. The summed E-state index contributed by atoms with van der Waals surface area (Å²) in [7, 11) is 1.92. The molecule has 0 radical (unpaired) electrons. The predicted octanol–water partition coefficient (Wildman–Crippen LogP) is 3.99. The summed E-state index contributed by atoms with van der Waals surface area (Å²) >= 11 is 1.67. The minimum absolute atomic E-state index is 0.0136. The fraction of sp³-hybridized carbons (Fsp3) is 0.389. The van der Waals surface area contributed by atoms with Crippen LogP contribution in [0, 0.1) is 0 Å². The summed E-state index contributed by atoms with van der Waals surface area (Å²) in [6.45, 7) is 0.803. The quantitative estimate of drug-likeness (QED) is 0.838. The largest absolute Gasteiger partial charge is 0.321 e. The molecule has 1 aromatic carbocycles. The van der Waals surface area contributed by atoms with E-state index in [0.717, 1.165) is 30.0 Å². The van der Waals surface area contributed by atoms with Crippen LogP contribution in [0.1, 0.15) is 44.9 Å². The molecule has 1 heterocycles. The van der Waals surface area contributed by atoms with E-state index in [-0.39, 0.29) is 5.91 Å². The van der Waals surface area contributed by atoms with E-state index in [9.17, 15) is 4.79 Å². The highest BCUT2D eigenvalue weighted by molar-refractivity contribution is 7.14. The predicted molar refractivity (Wildman–Crippen MR) is 92.7 cm³/mol. The van der Waals surface area contributed by atoms with Crippen molar-refractivity contribution in [1.82, 2.24) is 5.32 Å². The lowest BCUT2D eigenvalue weighted by Gasteiger charge is -2.06. The molecule has 2 aromatic rings. The van der Waals surface area contributed by atoms with Gasteiger partial charge in [0.2, 0.25) is 0 Å². The molecule has 0 fully saturated rings. The molecule has 0 aliphatic heterocycles. The molecule has 1 aromatic heterocycles. The van der Waals surface area contributed by atoms with Gasteiger partial charge in [0.15, 0.2) is 0 Å². The summed E-state index contributed by atoms with van der Waals surface area (Å²) in [5.41, 5.74) is 3.42. The van der Waals surface area contributed by atoms with Gasteiger partial charge in [-0.1, -0.05) is 18.6 Å². The SMILES string of the molecule is CNCc1cccc(NC(=O)c2cc3c(s2)CCCCC3)c1. The number of hydrogen-bond acceptors (Lipinski definition) is 3. The monoisotopic (exact) mass is 314 g/mol. The standard InChI is InChI=1S/C18H22N2OS/c1-19-12-13-6-5-8-15(10-13)20-18(21)17-11-14-7-3-2-4-9-16(14)22-17/h5-6,8,10-11,19H,2-4,7,9,12H2,1H3,(H,20,21). The van der Waals surface area contributed by atoms with E-state index >= 15 is 0 Å². The Balaban J connectivity index is 1.73. The highest BCUT2D eigenvalue weighted by atomic mass is 32.1. The number of benzene rings is 1. The molecule has 0 bridgehead atoms. The number of hydrogen-bond donors (Lipinski definition) is 2. The second-order valence-electron chi connectivity index (χ2n) is 5.80.